The van der Waals surface area contributed by atoms with Crippen LogP contribution in [0, 0.1) is 0 Å². The van der Waals surface area contributed by atoms with Gasteiger partial charge in [-0.15, -0.1) is 0 Å². The molecule has 0 aliphatic carbocycles. The maximum absolute atomic E-state index is 4.50. The van der Waals surface area contributed by atoms with Crippen LogP contribution >= 0.6 is 0 Å². The highest BCUT2D eigenvalue weighted by molar-refractivity contribution is 5.55. The van der Waals surface area contributed by atoms with Crippen molar-refractivity contribution in [3.05, 3.63) is 42.7 Å². The molecule has 1 atom stereocenters. The van der Waals surface area contributed by atoms with Gasteiger partial charge in [-0.05, 0) is 19.9 Å². The van der Waals surface area contributed by atoms with Gasteiger partial charge < -0.3 is 9.88 Å². The maximum atomic E-state index is 4.50. The van der Waals surface area contributed by atoms with E-state index in [1.165, 1.54) is 24.8 Å². The SMILES string of the molecule is CCCCCNCC(C)n1ccnc1-c1ccccc1. The summed E-state index contributed by atoms with van der Waals surface area (Å²) in [5, 5.41) is 3.54. The van der Waals surface area contributed by atoms with Gasteiger partial charge in [0.15, 0.2) is 0 Å². The fourth-order valence-corrected chi connectivity index (χ4v) is 2.39. The van der Waals surface area contributed by atoms with Crippen molar-refractivity contribution in [2.75, 3.05) is 13.1 Å². The van der Waals surface area contributed by atoms with E-state index in [2.05, 4.69) is 59.2 Å². The molecule has 0 fully saturated rings. The molecule has 1 heterocycles. The summed E-state index contributed by atoms with van der Waals surface area (Å²) in [6.07, 6.45) is 7.80. The molecule has 108 valence electrons. The van der Waals surface area contributed by atoms with Crippen LogP contribution in [-0.2, 0) is 0 Å². The average Bonchev–Trinajstić information content (AvgIpc) is 2.97. The van der Waals surface area contributed by atoms with E-state index in [9.17, 15) is 0 Å². The Labute approximate surface area is 122 Å². The molecular weight excluding hydrogens is 246 g/mol. The molecule has 0 amide bonds. The van der Waals surface area contributed by atoms with E-state index in [1.54, 1.807) is 0 Å². The Bertz CT molecular complexity index is 490. The number of nitrogens with one attached hydrogen (secondary N) is 1. The Balaban J connectivity index is 1.94. The predicted molar refractivity (Wildman–Crippen MR) is 84.8 cm³/mol. The van der Waals surface area contributed by atoms with Gasteiger partial charge in [0.1, 0.15) is 5.82 Å². The molecule has 1 unspecified atom stereocenters. The Hall–Kier alpha value is -1.61. The van der Waals surface area contributed by atoms with Crippen molar-refractivity contribution < 1.29 is 0 Å². The summed E-state index contributed by atoms with van der Waals surface area (Å²) in [7, 11) is 0. The summed E-state index contributed by atoms with van der Waals surface area (Å²) < 4.78 is 2.25. The summed E-state index contributed by atoms with van der Waals surface area (Å²) in [5.74, 6) is 1.05. The maximum Gasteiger partial charge on any atom is 0.140 e. The first-order valence-electron chi connectivity index (χ1n) is 7.62. The molecule has 0 spiro atoms. The Morgan fingerprint density at radius 3 is 2.75 bits per heavy atom. The van der Waals surface area contributed by atoms with Crippen LogP contribution in [0.5, 0.6) is 0 Å². The Morgan fingerprint density at radius 2 is 2.00 bits per heavy atom. The third-order valence-corrected chi connectivity index (χ3v) is 3.57. The highest BCUT2D eigenvalue weighted by Crippen LogP contribution is 2.20. The molecule has 0 saturated carbocycles. The molecule has 2 rings (SSSR count). The van der Waals surface area contributed by atoms with Crippen molar-refractivity contribution in [2.24, 2.45) is 0 Å². The number of rotatable bonds is 8. The molecule has 0 saturated heterocycles. The van der Waals surface area contributed by atoms with E-state index < -0.39 is 0 Å². The third-order valence-electron chi connectivity index (χ3n) is 3.57. The number of unbranched alkanes of at least 4 members (excludes halogenated alkanes) is 2. The van der Waals surface area contributed by atoms with Crippen molar-refractivity contribution in [3.63, 3.8) is 0 Å². The van der Waals surface area contributed by atoms with Crippen molar-refractivity contribution in [3.8, 4) is 11.4 Å². The van der Waals surface area contributed by atoms with Crippen molar-refractivity contribution >= 4 is 0 Å². The van der Waals surface area contributed by atoms with Crippen LogP contribution in [0.4, 0.5) is 0 Å². The number of aromatic nitrogens is 2. The second kappa shape index (κ2) is 7.85. The lowest BCUT2D eigenvalue weighted by Crippen LogP contribution is -2.24. The fraction of sp³-hybridized carbons (Fsp3) is 0.471. The van der Waals surface area contributed by atoms with Gasteiger partial charge in [0, 0.05) is 30.5 Å². The highest BCUT2D eigenvalue weighted by Gasteiger charge is 2.10. The highest BCUT2D eigenvalue weighted by atomic mass is 15.1. The van der Waals surface area contributed by atoms with Crippen LogP contribution in [0.1, 0.15) is 39.2 Å². The molecule has 1 aromatic heterocycles. The smallest absolute Gasteiger partial charge is 0.140 e. The zero-order valence-corrected chi connectivity index (χ0v) is 12.5. The van der Waals surface area contributed by atoms with E-state index in [0.717, 1.165) is 18.9 Å². The van der Waals surface area contributed by atoms with E-state index in [1.807, 2.05) is 12.3 Å². The lowest BCUT2D eigenvalue weighted by molar-refractivity contribution is 0.489. The summed E-state index contributed by atoms with van der Waals surface area (Å²) in [4.78, 5) is 4.50. The first-order valence-corrected chi connectivity index (χ1v) is 7.62. The largest absolute Gasteiger partial charge is 0.327 e. The number of nitrogens with zero attached hydrogens (tertiary/aromatic N) is 2. The minimum absolute atomic E-state index is 0.411. The normalized spacial score (nSPS) is 12.5. The van der Waals surface area contributed by atoms with E-state index in [4.69, 9.17) is 0 Å². The Morgan fingerprint density at radius 1 is 1.20 bits per heavy atom. The number of hydrogen-bond acceptors (Lipinski definition) is 2. The molecule has 0 radical (unpaired) electrons. The molecule has 0 bridgehead atoms. The minimum Gasteiger partial charge on any atom is -0.327 e. The van der Waals surface area contributed by atoms with Gasteiger partial charge in [-0.25, -0.2) is 4.98 Å². The molecule has 0 aliphatic rings. The van der Waals surface area contributed by atoms with Crippen LogP contribution in [-0.4, -0.2) is 22.6 Å². The van der Waals surface area contributed by atoms with Gasteiger partial charge in [-0.3, -0.25) is 0 Å². The van der Waals surface area contributed by atoms with Crippen LogP contribution in [0.2, 0.25) is 0 Å². The van der Waals surface area contributed by atoms with Crippen molar-refractivity contribution in [2.45, 2.75) is 39.2 Å². The van der Waals surface area contributed by atoms with Gasteiger partial charge in [0.2, 0.25) is 0 Å². The lowest BCUT2D eigenvalue weighted by atomic mass is 10.2. The minimum atomic E-state index is 0.411. The van der Waals surface area contributed by atoms with Gasteiger partial charge >= 0.3 is 0 Å². The second-order valence-corrected chi connectivity index (χ2v) is 5.28. The molecular formula is C17H25N3. The number of imidazole rings is 1. The van der Waals surface area contributed by atoms with Crippen molar-refractivity contribution in [1.82, 2.24) is 14.9 Å². The third kappa shape index (κ3) is 3.94. The predicted octanol–water partition coefficient (Wildman–Crippen LogP) is 3.89. The quantitative estimate of drug-likeness (QED) is 0.738. The molecule has 1 N–H and O–H groups in total. The molecule has 2 aromatic rings. The second-order valence-electron chi connectivity index (χ2n) is 5.28. The van der Waals surface area contributed by atoms with Crippen LogP contribution in [0.15, 0.2) is 42.7 Å². The molecule has 1 aromatic carbocycles. The van der Waals surface area contributed by atoms with E-state index in [0.29, 0.717) is 6.04 Å². The molecule has 3 nitrogen and oxygen atoms in total. The van der Waals surface area contributed by atoms with Crippen molar-refractivity contribution in [1.29, 1.82) is 0 Å². The standard InChI is InChI=1S/C17H25N3/c1-3-4-8-11-18-14-15(2)20-13-12-19-17(20)16-9-6-5-7-10-16/h5-7,9-10,12-13,15,18H,3-4,8,11,14H2,1-2H3. The van der Waals surface area contributed by atoms with E-state index in [-0.39, 0.29) is 0 Å². The summed E-state index contributed by atoms with van der Waals surface area (Å²) in [6, 6.07) is 10.8. The summed E-state index contributed by atoms with van der Waals surface area (Å²) in [6.45, 7) is 6.56. The first kappa shape index (κ1) is 14.8. The van der Waals surface area contributed by atoms with Gasteiger partial charge in [-0.1, -0.05) is 50.1 Å². The van der Waals surface area contributed by atoms with Gasteiger partial charge in [-0.2, -0.15) is 0 Å². The van der Waals surface area contributed by atoms with Crippen LogP contribution in [0.25, 0.3) is 11.4 Å². The zero-order chi connectivity index (χ0) is 14.2. The van der Waals surface area contributed by atoms with Gasteiger partial charge in [0.25, 0.3) is 0 Å². The van der Waals surface area contributed by atoms with E-state index >= 15 is 0 Å². The number of hydrogen-bond donors (Lipinski definition) is 1. The fourth-order valence-electron chi connectivity index (χ4n) is 2.39. The van der Waals surface area contributed by atoms with Crippen LogP contribution in [0.3, 0.4) is 0 Å². The Kier molecular flexibility index (Phi) is 5.81. The average molecular weight is 271 g/mol. The first-order chi connectivity index (χ1) is 9.83. The zero-order valence-electron chi connectivity index (χ0n) is 12.5. The monoisotopic (exact) mass is 271 g/mol. The summed E-state index contributed by atoms with van der Waals surface area (Å²) >= 11 is 0. The lowest BCUT2D eigenvalue weighted by Gasteiger charge is -2.17. The topological polar surface area (TPSA) is 29.9 Å². The number of benzene rings is 1. The molecule has 0 aliphatic heterocycles. The molecule has 3 heteroatoms. The van der Waals surface area contributed by atoms with Crippen LogP contribution < -0.4 is 5.32 Å². The summed E-state index contributed by atoms with van der Waals surface area (Å²) in [5.41, 5.74) is 1.18. The van der Waals surface area contributed by atoms with Gasteiger partial charge in [0.05, 0.1) is 0 Å². The molecule has 20 heavy (non-hydrogen) atoms.